The fourth-order valence-electron chi connectivity index (χ4n) is 2.59. The number of rotatable bonds is 5. The van der Waals surface area contributed by atoms with Gasteiger partial charge >= 0.3 is 0 Å². The first-order chi connectivity index (χ1) is 9.93. The zero-order valence-electron chi connectivity index (χ0n) is 12.0. The molecule has 1 saturated heterocycles. The number of halogens is 2. The van der Waals surface area contributed by atoms with Crippen LogP contribution >= 0.6 is 0 Å². The van der Waals surface area contributed by atoms with Crippen LogP contribution in [0.3, 0.4) is 0 Å². The van der Waals surface area contributed by atoms with Gasteiger partial charge < -0.3 is 5.32 Å². The van der Waals surface area contributed by atoms with Gasteiger partial charge in [0.25, 0.3) is 0 Å². The quantitative estimate of drug-likeness (QED) is 0.903. The van der Waals surface area contributed by atoms with Gasteiger partial charge in [0, 0.05) is 19.2 Å². The van der Waals surface area contributed by atoms with Crippen LogP contribution in [0.2, 0.25) is 0 Å². The minimum Gasteiger partial charge on any atom is -0.316 e. The largest absolute Gasteiger partial charge is 0.316 e. The third-order valence-corrected chi connectivity index (χ3v) is 5.61. The van der Waals surface area contributed by atoms with Gasteiger partial charge in [-0.25, -0.2) is 17.2 Å². The molecule has 118 valence electrons. The molecule has 1 fully saturated rings. The molecular weight excluding hydrogens is 298 g/mol. The second-order valence-corrected chi connectivity index (χ2v) is 7.21. The van der Waals surface area contributed by atoms with E-state index in [2.05, 4.69) is 5.32 Å². The Labute approximate surface area is 124 Å². The zero-order chi connectivity index (χ0) is 15.5. The molecule has 1 heterocycles. The molecule has 0 spiro atoms. The summed E-state index contributed by atoms with van der Waals surface area (Å²) in [5, 5.41) is 3.23. The van der Waals surface area contributed by atoms with Crippen LogP contribution in [0.5, 0.6) is 0 Å². The van der Waals surface area contributed by atoms with Gasteiger partial charge in [0.2, 0.25) is 10.0 Å². The lowest BCUT2D eigenvalue weighted by molar-refractivity contribution is 0.297. The monoisotopic (exact) mass is 318 g/mol. The maximum atomic E-state index is 13.3. The van der Waals surface area contributed by atoms with E-state index in [4.69, 9.17) is 0 Å². The smallest absolute Gasteiger partial charge is 0.243 e. The van der Waals surface area contributed by atoms with Gasteiger partial charge in [0.05, 0.1) is 4.90 Å². The van der Waals surface area contributed by atoms with E-state index in [0.29, 0.717) is 12.6 Å². The Balaban J connectivity index is 2.22. The molecule has 1 N–H and O–H groups in total. The summed E-state index contributed by atoms with van der Waals surface area (Å²) >= 11 is 0. The maximum absolute atomic E-state index is 13.3. The molecule has 2 rings (SSSR count). The molecular formula is C14H20F2N2O2S. The third-order valence-electron chi connectivity index (χ3n) is 3.69. The molecule has 7 heteroatoms. The van der Waals surface area contributed by atoms with E-state index in [1.165, 1.54) is 4.31 Å². The summed E-state index contributed by atoms with van der Waals surface area (Å²) in [6, 6.07) is 2.39. The number of nitrogens with one attached hydrogen (secondary N) is 1. The van der Waals surface area contributed by atoms with Crippen molar-refractivity contribution >= 4 is 10.0 Å². The summed E-state index contributed by atoms with van der Waals surface area (Å²) in [5.41, 5.74) is 0. The van der Waals surface area contributed by atoms with Gasteiger partial charge in [-0.15, -0.1) is 0 Å². The lowest BCUT2D eigenvalue weighted by atomic mass is 10.00. The zero-order valence-corrected chi connectivity index (χ0v) is 12.8. The standard InChI is InChI=1S/C14H20F2N2O2S/c1-2-18(10-11-4-3-5-17-9-11)21(19,20)14-7-12(15)6-13(16)8-14/h6-8,11,17H,2-5,9-10H2,1H3. The Morgan fingerprint density at radius 1 is 1.29 bits per heavy atom. The summed E-state index contributed by atoms with van der Waals surface area (Å²) in [6.07, 6.45) is 1.97. The first kappa shape index (κ1) is 16.3. The Morgan fingerprint density at radius 3 is 2.48 bits per heavy atom. The van der Waals surface area contributed by atoms with Gasteiger partial charge in [-0.05, 0) is 44.0 Å². The summed E-state index contributed by atoms with van der Waals surface area (Å²) in [4.78, 5) is -0.328. The molecule has 0 radical (unpaired) electrons. The maximum Gasteiger partial charge on any atom is 0.243 e. The molecule has 0 aliphatic carbocycles. The second kappa shape index (κ2) is 6.81. The molecule has 0 saturated carbocycles. The van der Waals surface area contributed by atoms with Crippen LogP contribution in [0.15, 0.2) is 23.1 Å². The first-order valence-electron chi connectivity index (χ1n) is 7.10. The molecule has 1 aliphatic heterocycles. The van der Waals surface area contributed by atoms with Crippen molar-refractivity contribution in [1.82, 2.24) is 9.62 Å². The van der Waals surface area contributed by atoms with Gasteiger partial charge in [0.1, 0.15) is 11.6 Å². The minimum absolute atomic E-state index is 0.229. The Hall–Kier alpha value is -1.05. The van der Waals surface area contributed by atoms with Crippen LogP contribution in [0.25, 0.3) is 0 Å². The number of hydrogen-bond donors (Lipinski definition) is 1. The van der Waals surface area contributed by atoms with E-state index in [1.54, 1.807) is 6.92 Å². The molecule has 4 nitrogen and oxygen atoms in total. The summed E-state index contributed by atoms with van der Waals surface area (Å²) in [5.74, 6) is -1.54. The number of piperidine rings is 1. The van der Waals surface area contributed by atoms with E-state index in [-0.39, 0.29) is 17.4 Å². The van der Waals surface area contributed by atoms with Crippen molar-refractivity contribution in [2.24, 2.45) is 5.92 Å². The highest BCUT2D eigenvalue weighted by molar-refractivity contribution is 7.89. The van der Waals surface area contributed by atoms with Crippen LogP contribution in [-0.2, 0) is 10.0 Å². The van der Waals surface area contributed by atoms with Crippen LogP contribution in [0.1, 0.15) is 19.8 Å². The van der Waals surface area contributed by atoms with Crippen molar-refractivity contribution in [1.29, 1.82) is 0 Å². The van der Waals surface area contributed by atoms with Crippen molar-refractivity contribution in [3.63, 3.8) is 0 Å². The van der Waals surface area contributed by atoms with Crippen molar-refractivity contribution < 1.29 is 17.2 Å². The van der Waals surface area contributed by atoms with E-state index < -0.39 is 21.7 Å². The SMILES string of the molecule is CCN(CC1CCCNC1)S(=O)(=O)c1cc(F)cc(F)c1. The highest BCUT2D eigenvalue weighted by Gasteiger charge is 2.27. The Kier molecular flexibility index (Phi) is 5.29. The van der Waals surface area contributed by atoms with Crippen LogP contribution in [0.4, 0.5) is 8.78 Å². The summed E-state index contributed by atoms with van der Waals surface area (Å²) in [7, 11) is -3.87. The normalized spacial score (nSPS) is 19.9. The van der Waals surface area contributed by atoms with Crippen molar-refractivity contribution in [2.45, 2.75) is 24.7 Å². The fraction of sp³-hybridized carbons (Fsp3) is 0.571. The summed E-state index contributed by atoms with van der Waals surface area (Å²) < 4.78 is 52.8. The lowest BCUT2D eigenvalue weighted by Crippen LogP contribution is -2.41. The summed E-state index contributed by atoms with van der Waals surface area (Å²) in [6.45, 7) is 4.08. The predicted octanol–water partition coefficient (Wildman–Crippen LogP) is 1.97. The van der Waals surface area contributed by atoms with E-state index >= 15 is 0 Å². The van der Waals surface area contributed by atoms with E-state index in [1.807, 2.05) is 0 Å². The van der Waals surface area contributed by atoms with Gasteiger partial charge in [-0.3, -0.25) is 0 Å². The molecule has 1 aliphatic rings. The predicted molar refractivity (Wildman–Crippen MR) is 76.4 cm³/mol. The molecule has 1 aromatic rings. The molecule has 0 bridgehead atoms. The lowest BCUT2D eigenvalue weighted by Gasteiger charge is -2.28. The number of benzene rings is 1. The second-order valence-electron chi connectivity index (χ2n) is 5.27. The van der Waals surface area contributed by atoms with Gasteiger partial charge in [-0.1, -0.05) is 6.92 Å². The number of sulfonamides is 1. The third kappa shape index (κ3) is 3.99. The molecule has 1 atom stereocenters. The van der Waals surface area contributed by atoms with Gasteiger partial charge in [-0.2, -0.15) is 4.31 Å². The minimum atomic E-state index is -3.87. The highest BCUT2D eigenvalue weighted by Crippen LogP contribution is 2.21. The molecule has 0 aromatic heterocycles. The Bertz CT molecular complexity index is 566. The number of nitrogens with zero attached hydrogens (tertiary/aromatic N) is 1. The van der Waals surface area contributed by atoms with Crippen molar-refractivity contribution in [3.8, 4) is 0 Å². The van der Waals surface area contributed by atoms with Gasteiger partial charge in [0.15, 0.2) is 0 Å². The first-order valence-corrected chi connectivity index (χ1v) is 8.54. The molecule has 21 heavy (non-hydrogen) atoms. The van der Waals surface area contributed by atoms with Crippen molar-refractivity contribution in [3.05, 3.63) is 29.8 Å². The van der Waals surface area contributed by atoms with Crippen molar-refractivity contribution in [2.75, 3.05) is 26.2 Å². The highest BCUT2D eigenvalue weighted by atomic mass is 32.2. The van der Waals surface area contributed by atoms with E-state index in [0.717, 1.165) is 38.1 Å². The number of hydrogen-bond acceptors (Lipinski definition) is 3. The average Bonchev–Trinajstić information content (AvgIpc) is 2.44. The molecule has 0 amide bonds. The molecule has 1 unspecified atom stereocenters. The average molecular weight is 318 g/mol. The molecule has 1 aromatic carbocycles. The topological polar surface area (TPSA) is 49.4 Å². The fourth-order valence-corrected chi connectivity index (χ4v) is 4.16. The van der Waals surface area contributed by atoms with Crippen LogP contribution < -0.4 is 5.32 Å². The van der Waals surface area contributed by atoms with Crippen LogP contribution in [0, 0.1) is 17.6 Å². The van der Waals surface area contributed by atoms with Crippen LogP contribution in [-0.4, -0.2) is 38.9 Å². The van der Waals surface area contributed by atoms with E-state index in [9.17, 15) is 17.2 Å². The Morgan fingerprint density at radius 2 is 1.95 bits per heavy atom.